The first-order chi connectivity index (χ1) is 8.50. The predicted octanol–water partition coefficient (Wildman–Crippen LogP) is 1.93. The van der Waals surface area contributed by atoms with E-state index in [0.29, 0.717) is 10.7 Å². The third-order valence-corrected chi connectivity index (χ3v) is 2.67. The summed E-state index contributed by atoms with van der Waals surface area (Å²) >= 11 is 5.85. The van der Waals surface area contributed by atoms with Crippen LogP contribution < -0.4 is 5.73 Å². The Morgan fingerprint density at radius 2 is 2.00 bits per heavy atom. The number of nitrogens with zero attached hydrogens (tertiary/aromatic N) is 1. The van der Waals surface area contributed by atoms with Crippen LogP contribution in [0, 0.1) is 0 Å². The second-order valence-electron chi connectivity index (χ2n) is 3.60. The Morgan fingerprint density at radius 3 is 2.56 bits per heavy atom. The number of carbonyl (C=O) groups is 2. The molecule has 0 saturated carbocycles. The van der Waals surface area contributed by atoms with Crippen LogP contribution in [0.1, 0.15) is 20.8 Å². The smallest absolute Gasteiger partial charge is 0.338 e. The number of nitrogens with two attached hydrogens (primary N) is 1. The number of carboxylic acids is 1. The maximum atomic E-state index is 11.4. The molecule has 0 spiro atoms. The van der Waals surface area contributed by atoms with E-state index in [1.165, 1.54) is 16.8 Å². The monoisotopic (exact) mass is 264 g/mol. The fraction of sp³-hybridized carbons (Fsp3) is 0. The predicted molar refractivity (Wildman–Crippen MR) is 66.3 cm³/mol. The van der Waals surface area contributed by atoms with Crippen molar-refractivity contribution in [3.05, 3.63) is 52.8 Å². The second kappa shape index (κ2) is 4.54. The summed E-state index contributed by atoms with van der Waals surface area (Å²) in [4.78, 5) is 22.4. The molecule has 5 nitrogen and oxygen atoms in total. The molecule has 6 heteroatoms. The maximum Gasteiger partial charge on any atom is 0.338 e. The van der Waals surface area contributed by atoms with Crippen LogP contribution in [0.5, 0.6) is 0 Å². The Morgan fingerprint density at radius 1 is 1.28 bits per heavy atom. The van der Waals surface area contributed by atoms with Crippen molar-refractivity contribution >= 4 is 23.5 Å². The van der Waals surface area contributed by atoms with E-state index < -0.39 is 11.9 Å². The number of benzene rings is 1. The third kappa shape index (κ3) is 2.08. The molecule has 1 heterocycles. The fourth-order valence-electron chi connectivity index (χ4n) is 1.70. The first-order valence-corrected chi connectivity index (χ1v) is 5.39. The molecule has 2 aromatic rings. The van der Waals surface area contributed by atoms with Gasteiger partial charge in [-0.15, -0.1) is 0 Å². The van der Waals surface area contributed by atoms with Crippen LogP contribution in [0.15, 0.2) is 36.5 Å². The molecule has 0 atom stereocenters. The Labute approximate surface area is 107 Å². The average Bonchev–Trinajstić information content (AvgIpc) is 2.73. The summed E-state index contributed by atoms with van der Waals surface area (Å²) in [5, 5.41) is 9.46. The molecule has 0 bridgehead atoms. The highest BCUT2D eigenvalue weighted by molar-refractivity contribution is 6.30. The van der Waals surface area contributed by atoms with Gasteiger partial charge in [0.1, 0.15) is 5.69 Å². The standard InChI is InChI=1S/C12H9ClN2O3/c13-7-2-1-3-8(6-7)15-5-4-9(12(17)18)10(15)11(14)16/h1-6H,(H2,14,16)(H,17,18). The van der Waals surface area contributed by atoms with Crippen molar-refractivity contribution < 1.29 is 14.7 Å². The molecular weight excluding hydrogens is 256 g/mol. The topological polar surface area (TPSA) is 85.3 Å². The molecule has 1 aromatic heterocycles. The fourth-order valence-corrected chi connectivity index (χ4v) is 1.88. The summed E-state index contributed by atoms with van der Waals surface area (Å²) in [5.41, 5.74) is 5.57. The molecule has 92 valence electrons. The van der Waals surface area contributed by atoms with E-state index in [-0.39, 0.29) is 11.3 Å². The van der Waals surface area contributed by atoms with Crippen molar-refractivity contribution in [3.63, 3.8) is 0 Å². The van der Waals surface area contributed by atoms with Gasteiger partial charge in [0.15, 0.2) is 0 Å². The molecule has 0 unspecified atom stereocenters. The van der Waals surface area contributed by atoms with Gasteiger partial charge in [-0.1, -0.05) is 17.7 Å². The Kier molecular flexibility index (Phi) is 3.08. The van der Waals surface area contributed by atoms with Gasteiger partial charge in [-0.3, -0.25) is 4.79 Å². The van der Waals surface area contributed by atoms with E-state index in [2.05, 4.69) is 0 Å². The van der Waals surface area contributed by atoms with Crippen LogP contribution in [0.25, 0.3) is 5.69 Å². The van der Waals surface area contributed by atoms with Gasteiger partial charge in [-0.05, 0) is 24.3 Å². The van der Waals surface area contributed by atoms with Crippen LogP contribution in [0.2, 0.25) is 5.02 Å². The molecule has 2 rings (SSSR count). The lowest BCUT2D eigenvalue weighted by Gasteiger charge is -2.07. The van der Waals surface area contributed by atoms with Crippen molar-refractivity contribution in [2.45, 2.75) is 0 Å². The number of aromatic carboxylic acids is 1. The normalized spacial score (nSPS) is 10.3. The van der Waals surface area contributed by atoms with Crippen molar-refractivity contribution in [3.8, 4) is 5.69 Å². The molecule has 18 heavy (non-hydrogen) atoms. The number of rotatable bonds is 3. The summed E-state index contributed by atoms with van der Waals surface area (Å²) in [6, 6.07) is 8.01. The van der Waals surface area contributed by atoms with Gasteiger partial charge in [0.05, 0.1) is 5.56 Å². The van der Waals surface area contributed by atoms with E-state index >= 15 is 0 Å². The van der Waals surface area contributed by atoms with E-state index in [0.717, 1.165) is 0 Å². The van der Waals surface area contributed by atoms with Crippen LogP contribution >= 0.6 is 11.6 Å². The van der Waals surface area contributed by atoms with Gasteiger partial charge in [0, 0.05) is 16.9 Å². The summed E-state index contributed by atoms with van der Waals surface area (Å²) in [7, 11) is 0. The summed E-state index contributed by atoms with van der Waals surface area (Å²) < 4.78 is 1.40. The number of aromatic nitrogens is 1. The number of hydrogen-bond acceptors (Lipinski definition) is 2. The van der Waals surface area contributed by atoms with Crippen LogP contribution in [-0.2, 0) is 0 Å². The van der Waals surface area contributed by atoms with Gasteiger partial charge < -0.3 is 15.4 Å². The van der Waals surface area contributed by atoms with Crippen molar-refractivity contribution in [1.82, 2.24) is 4.57 Å². The highest BCUT2D eigenvalue weighted by atomic mass is 35.5. The number of halogens is 1. The summed E-state index contributed by atoms with van der Waals surface area (Å²) in [5.74, 6) is -2.01. The van der Waals surface area contributed by atoms with Gasteiger partial charge in [0.2, 0.25) is 0 Å². The van der Waals surface area contributed by atoms with E-state index in [1.54, 1.807) is 24.3 Å². The lowest BCUT2D eigenvalue weighted by atomic mass is 10.2. The number of carboxylic acid groups (broad SMARTS) is 1. The molecule has 1 aromatic carbocycles. The minimum absolute atomic E-state index is 0.0789. The number of hydrogen-bond donors (Lipinski definition) is 2. The number of primary amides is 1. The molecule has 3 N–H and O–H groups in total. The van der Waals surface area contributed by atoms with Crippen molar-refractivity contribution in [2.24, 2.45) is 5.73 Å². The molecule has 0 aliphatic rings. The Balaban J connectivity index is 2.65. The Bertz CT molecular complexity index is 634. The number of amides is 1. The zero-order chi connectivity index (χ0) is 13.3. The summed E-state index contributed by atoms with van der Waals surface area (Å²) in [6.07, 6.45) is 1.47. The molecule has 0 aliphatic heterocycles. The maximum absolute atomic E-state index is 11.4. The van der Waals surface area contributed by atoms with E-state index in [9.17, 15) is 9.59 Å². The minimum atomic E-state index is -1.20. The van der Waals surface area contributed by atoms with Crippen molar-refractivity contribution in [1.29, 1.82) is 0 Å². The highest BCUT2D eigenvalue weighted by Crippen LogP contribution is 2.20. The van der Waals surface area contributed by atoms with Gasteiger partial charge in [-0.25, -0.2) is 4.79 Å². The van der Waals surface area contributed by atoms with Gasteiger partial charge in [-0.2, -0.15) is 0 Å². The third-order valence-electron chi connectivity index (χ3n) is 2.44. The quantitative estimate of drug-likeness (QED) is 0.888. The second-order valence-corrected chi connectivity index (χ2v) is 4.03. The first-order valence-electron chi connectivity index (χ1n) is 5.01. The SMILES string of the molecule is NC(=O)c1c(C(=O)O)ccn1-c1cccc(Cl)c1. The number of carbonyl (C=O) groups excluding carboxylic acids is 1. The van der Waals surface area contributed by atoms with Crippen molar-refractivity contribution in [2.75, 3.05) is 0 Å². The van der Waals surface area contributed by atoms with Gasteiger partial charge >= 0.3 is 5.97 Å². The minimum Gasteiger partial charge on any atom is -0.478 e. The average molecular weight is 265 g/mol. The molecule has 0 fully saturated rings. The van der Waals surface area contributed by atoms with E-state index in [1.807, 2.05) is 0 Å². The molecular formula is C12H9ClN2O3. The molecule has 1 amide bonds. The molecule has 0 radical (unpaired) electrons. The largest absolute Gasteiger partial charge is 0.478 e. The summed E-state index contributed by atoms with van der Waals surface area (Å²) in [6.45, 7) is 0. The molecule has 0 saturated heterocycles. The Hall–Kier alpha value is -2.27. The van der Waals surface area contributed by atoms with Crippen LogP contribution in [-0.4, -0.2) is 21.6 Å². The zero-order valence-electron chi connectivity index (χ0n) is 9.13. The van der Waals surface area contributed by atoms with Gasteiger partial charge in [0.25, 0.3) is 5.91 Å². The lowest BCUT2D eigenvalue weighted by molar-refractivity contribution is 0.0692. The van der Waals surface area contributed by atoms with Crippen LogP contribution in [0.3, 0.4) is 0 Å². The molecule has 0 aliphatic carbocycles. The highest BCUT2D eigenvalue weighted by Gasteiger charge is 2.20. The lowest BCUT2D eigenvalue weighted by Crippen LogP contribution is -2.19. The van der Waals surface area contributed by atoms with E-state index in [4.69, 9.17) is 22.4 Å². The zero-order valence-corrected chi connectivity index (χ0v) is 9.89. The first kappa shape index (κ1) is 12.2. The van der Waals surface area contributed by atoms with Crippen LogP contribution in [0.4, 0.5) is 0 Å².